The zero-order chi connectivity index (χ0) is 17.9. The van der Waals surface area contributed by atoms with Crippen LogP contribution < -0.4 is 10.1 Å². The molecule has 0 aliphatic carbocycles. The van der Waals surface area contributed by atoms with Gasteiger partial charge in [0.2, 0.25) is 5.91 Å². The third-order valence-corrected chi connectivity index (χ3v) is 4.30. The number of hydrogen-bond donors (Lipinski definition) is 1. The second-order valence-corrected chi connectivity index (χ2v) is 6.54. The summed E-state index contributed by atoms with van der Waals surface area (Å²) in [7, 11) is 0. The van der Waals surface area contributed by atoms with E-state index in [-0.39, 0.29) is 12.5 Å². The third kappa shape index (κ3) is 7.40. The molecule has 1 fully saturated rings. The Balaban J connectivity index is 1.64. The summed E-state index contributed by atoms with van der Waals surface area (Å²) in [4.78, 5) is 14.3. The van der Waals surface area contributed by atoms with Crippen molar-refractivity contribution in [3.63, 3.8) is 0 Å². The number of nitrogens with zero attached hydrogens (tertiary/aromatic N) is 2. The smallest absolute Gasteiger partial charge is 0.243 e. The molecule has 1 N–H and O–H groups in total. The Labute approximate surface area is 150 Å². The van der Waals surface area contributed by atoms with E-state index in [1.807, 2.05) is 18.2 Å². The molecular formula is C20H27N3O2. The molecule has 0 bridgehead atoms. The van der Waals surface area contributed by atoms with Gasteiger partial charge < -0.3 is 15.0 Å². The van der Waals surface area contributed by atoms with Crippen molar-refractivity contribution in [1.82, 2.24) is 10.2 Å². The lowest BCUT2D eigenvalue weighted by molar-refractivity contribution is -0.116. The van der Waals surface area contributed by atoms with E-state index in [0.29, 0.717) is 12.3 Å². The monoisotopic (exact) mass is 341 g/mol. The van der Waals surface area contributed by atoms with Crippen molar-refractivity contribution in [1.29, 1.82) is 5.26 Å². The standard InChI is InChI=1S/C20H27N3O2/c1-17-4-2-13-23(16-17)14-3-12-22-20(24)10-7-18-5-8-19(9-6-18)25-15-11-21/h5-10,17H,2-4,12-16H2,1H3,(H,22,24)/b10-7+. The largest absolute Gasteiger partial charge is 0.479 e. The van der Waals surface area contributed by atoms with Gasteiger partial charge in [-0.3, -0.25) is 4.79 Å². The van der Waals surface area contributed by atoms with Crippen LogP contribution in [0.3, 0.4) is 0 Å². The van der Waals surface area contributed by atoms with Gasteiger partial charge in [-0.15, -0.1) is 0 Å². The van der Waals surface area contributed by atoms with E-state index < -0.39 is 0 Å². The number of amides is 1. The molecule has 25 heavy (non-hydrogen) atoms. The minimum Gasteiger partial charge on any atom is -0.479 e. The SMILES string of the molecule is CC1CCCN(CCCNC(=O)/C=C/c2ccc(OCC#N)cc2)C1. The summed E-state index contributed by atoms with van der Waals surface area (Å²) in [6.45, 7) is 6.47. The number of piperidine rings is 1. The third-order valence-electron chi connectivity index (χ3n) is 4.30. The topological polar surface area (TPSA) is 65.4 Å². The maximum absolute atomic E-state index is 11.9. The fourth-order valence-corrected chi connectivity index (χ4v) is 3.03. The molecule has 1 amide bonds. The molecule has 1 saturated heterocycles. The van der Waals surface area contributed by atoms with E-state index in [1.165, 1.54) is 25.9 Å². The Morgan fingerprint density at radius 2 is 2.24 bits per heavy atom. The fraction of sp³-hybridized carbons (Fsp3) is 0.500. The van der Waals surface area contributed by atoms with Crippen LogP contribution in [0.4, 0.5) is 0 Å². The van der Waals surface area contributed by atoms with Gasteiger partial charge in [-0.2, -0.15) is 5.26 Å². The molecule has 1 aromatic rings. The molecule has 1 heterocycles. The highest BCUT2D eigenvalue weighted by atomic mass is 16.5. The van der Waals surface area contributed by atoms with Crippen LogP contribution in [-0.2, 0) is 4.79 Å². The second-order valence-electron chi connectivity index (χ2n) is 6.54. The summed E-state index contributed by atoms with van der Waals surface area (Å²) in [6, 6.07) is 9.21. The summed E-state index contributed by atoms with van der Waals surface area (Å²) in [5, 5.41) is 11.4. The molecule has 1 aromatic carbocycles. The summed E-state index contributed by atoms with van der Waals surface area (Å²) in [5.41, 5.74) is 0.918. The quantitative estimate of drug-likeness (QED) is 0.583. The Morgan fingerprint density at radius 1 is 1.44 bits per heavy atom. The van der Waals surface area contributed by atoms with Crippen LogP contribution in [-0.4, -0.2) is 43.6 Å². The molecule has 0 aromatic heterocycles. The second kappa shape index (κ2) is 10.5. The maximum Gasteiger partial charge on any atom is 0.243 e. The van der Waals surface area contributed by atoms with E-state index >= 15 is 0 Å². The number of ether oxygens (including phenoxy) is 1. The summed E-state index contributed by atoms with van der Waals surface area (Å²) in [6.07, 6.45) is 6.93. The molecule has 1 atom stereocenters. The van der Waals surface area contributed by atoms with Crippen LogP contribution in [0.1, 0.15) is 31.7 Å². The molecule has 1 unspecified atom stereocenters. The molecule has 0 radical (unpaired) electrons. The lowest BCUT2D eigenvalue weighted by atomic mass is 10.0. The molecule has 134 valence electrons. The van der Waals surface area contributed by atoms with Gasteiger partial charge in [0.25, 0.3) is 0 Å². The highest BCUT2D eigenvalue weighted by Crippen LogP contribution is 2.15. The Bertz CT molecular complexity index is 604. The average Bonchev–Trinajstić information content (AvgIpc) is 2.63. The number of carbonyl (C=O) groups is 1. The number of hydrogen-bond acceptors (Lipinski definition) is 4. The van der Waals surface area contributed by atoms with E-state index in [1.54, 1.807) is 24.3 Å². The van der Waals surface area contributed by atoms with Crippen molar-refractivity contribution in [2.24, 2.45) is 5.92 Å². The minimum atomic E-state index is -0.0724. The predicted octanol–water partition coefficient (Wildman–Crippen LogP) is 2.84. The van der Waals surface area contributed by atoms with E-state index in [2.05, 4.69) is 17.1 Å². The number of benzene rings is 1. The highest BCUT2D eigenvalue weighted by Gasteiger charge is 2.15. The fourth-order valence-electron chi connectivity index (χ4n) is 3.03. The minimum absolute atomic E-state index is 0.0356. The maximum atomic E-state index is 11.9. The van der Waals surface area contributed by atoms with Gasteiger partial charge in [-0.1, -0.05) is 19.1 Å². The normalized spacial score (nSPS) is 18.0. The molecule has 5 nitrogen and oxygen atoms in total. The van der Waals surface area contributed by atoms with Crippen molar-refractivity contribution in [2.45, 2.75) is 26.2 Å². The lowest BCUT2D eigenvalue weighted by Gasteiger charge is -2.30. The highest BCUT2D eigenvalue weighted by molar-refractivity contribution is 5.91. The van der Waals surface area contributed by atoms with Gasteiger partial charge in [0.15, 0.2) is 6.61 Å². The molecule has 1 aliphatic heterocycles. The van der Waals surface area contributed by atoms with Crippen LogP contribution in [0, 0.1) is 17.2 Å². The Kier molecular flexibility index (Phi) is 8.00. The molecule has 0 spiro atoms. The first-order valence-corrected chi connectivity index (χ1v) is 8.95. The van der Waals surface area contributed by atoms with Gasteiger partial charge in [0.05, 0.1) is 0 Å². The van der Waals surface area contributed by atoms with Gasteiger partial charge in [-0.05, 0) is 62.0 Å². The number of nitriles is 1. The average molecular weight is 341 g/mol. The van der Waals surface area contributed by atoms with Crippen LogP contribution in [0.15, 0.2) is 30.3 Å². The van der Waals surface area contributed by atoms with Gasteiger partial charge in [0, 0.05) is 19.2 Å². The lowest BCUT2D eigenvalue weighted by Crippen LogP contribution is -2.36. The molecule has 5 heteroatoms. The summed E-state index contributed by atoms with van der Waals surface area (Å²) >= 11 is 0. The van der Waals surface area contributed by atoms with Crippen molar-refractivity contribution in [2.75, 3.05) is 32.8 Å². The van der Waals surface area contributed by atoms with Gasteiger partial charge >= 0.3 is 0 Å². The van der Waals surface area contributed by atoms with Crippen LogP contribution in [0.2, 0.25) is 0 Å². The Morgan fingerprint density at radius 3 is 2.96 bits per heavy atom. The van der Waals surface area contributed by atoms with Crippen LogP contribution in [0.25, 0.3) is 6.08 Å². The first-order valence-electron chi connectivity index (χ1n) is 8.95. The van der Waals surface area contributed by atoms with Crippen molar-refractivity contribution in [3.8, 4) is 11.8 Å². The zero-order valence-electron chi connectivity index (χ0n) is 14.9. The van der Waals surface area contributed by atoms with Crippen LogP contribution >= 0.6 is 0 Å². The number of rotatable bonds is 8. The predicted molar refractivity (Wildman–Crippen MR) is 99.0 cm³/mol. The van der Waals surface area contributed by atoms with E-state index in [0.717, 1.165) is 24.4 Å². The zero-order valence-corrected chi connectivity index (χ0v) is 14.9. The first kappa shape index (κ1) is 19.0. The van der Waals surface area contributed by atoms with Gasteiger partial charge in [0.1, 0.15) is 11.8 Å². The molecular weight excluding hydrogens is 314 g/mol. The number of nitrogens with one attached hydrogen (secondary N) is 1. The molecule has 2 rings (SSSR count). The van der Waals surface area contributed by atoms with Crippen LogP contribution in [0.5, 0.6) is 5.75 Å². The summed E-state index contributed by atoms with van der Waals surface area (Å²) in [5.74, 6) is 1.37. The van der Waals surface area contributed by atoms with E-state index in [4.69, 9.17) is 10.00 Å². The van der Waals surface area contributed by atoms with Crippen molar-refractivity contribution >= 4 is 12.0 Å². The summed E-state index contributed by atoms with van der Waals surface area (Å²) < 4.78 is 5.19. The van der Waals surface area contributed by atoms with Gasteiger partial charge in [-0.25, -0.2) is 0 Å². The number of carbonyl (C=O) groups excluding carboxylic acids is 1. The van der Waals surface area contributed by atoms with E-state index in [9.17, 15) is 4.79 Å². The Hall–Kier alpha value is -2.32. The molecule has 1 aliphatic rings. The first-order chi connectivity index (χ1) is 12.2. The molecule has 0 saturated carbocycles. The number of likely N-dealkylation sites (tertiary alicyclic amines) is 1. The van der Waals surface area contributed by atoms with Crippen molar-refractivity contribution < 1.29 is 9.53 Å². The van der Waals surface area contributed by atoms with Crippen molar-refractivity contribution in [3.05, 3.63) is 35.9 Å².